The highest BCUT2D eigenvalue weighted by Crippen LogP contribution is 2.61. The number of Topliss-reactive ketones (excluding diaryl/α,β-unsaturated/α-hetero) is 1. The molecule has 0 aromatic heterocycles. The predicted octanol–water partition coefficient (Wildman–Crippen LogP) is 2.75. The molecule has 18 heavy (non-hydrogen) atoms. The van der Waals surface area contributed by atoms with E-state index in [0.717, 1.165) is 25.7 Å². The van der Waals surface area contributed by atoms with E-state index in [1.54, 1.807) is 0 Å². The van der Waals surface area contributed by atoms with Gasteiger partial charge in [-0.3, -0.25) is 9.59 Å². The average Bonchev–Trinajstić information content (AvgIpc) is 2.81. The highest BCUT2D eigenvalue weighted by Gasteiger charge is 2.62. The Balaban J connectivity index is 2.38. The molecule has 0 radical (unpaired) electrons. The number of ketones is 1. The van der Waals surface area contributed by atoms with Crippen molar-refractivity contribution in [3.05, 3.63) is 12.7 Å². The summed E-state index contributed by atoms with van der Waals surface area (Å²) in [6.45, 7) is 5.94. The third-order valence-electron chi connectivity index (χ3n) is 5.15. The quantitative estimate of drug-likeness (QED) is 0.438. The monoisotopic (exact) mass is 250 g/mol. The van der Waals surface area contributed by atoms with Gasteiger partial charge in [-0.05, 0) is 42.9 Å². The number of ether oxygens (including phenoxy) is 1. The van der Waals surface area contributed by atoms with E-state index in [9.17, 15) is 9.59 Å². The third-order valence-corrected chi connectivity index (χ3v) is 5.15. The molecular formula is C15H22O3. The molecule has 2 rings (SSSR count). The number of allylic oxidation sites excluding steroid dienone is 1. The Morgan fingerprint density at radius 1 is 1.56 bits per heavy atom. The summed E-state index contributed by atoms with van der Waals surface area (Å²) in [5.41, 5.74) is -0.168. The van der Waals surface area contributed by atoms with Crippen molar-refractivity contribution < 1.29 is 14.3 Å². The molecule has 0 aliphatic heterocycles. The van der Waals surface area contributed by atoms with Crippen LogP contribution in [0.4, 0.5) is 0 Å². The summed E-state index contributed by atoms with van der Waals surface area (Å²) >= 11 is 0. The first-order chi connectivity index (χ1) is 8.57. The molecule has 0 aromatic rings. The number of carbonyl (C=O) groups excluding carboxylic acids is 2. The lowest BCUT2D eigenvalue weighted by Gasteiger charge is -2.37. The van der Waals surface area contributed by atoms with Crippen LogP contribution in [-0.4, -0.2) is 18.9 Å². The van der Waals surface area contributed by atoms with Crippen LogP contribution in [0.2, 0.25) is 0 Å². The summed E-state index contributed by atoms with van der Waals surface area (Å²) in [5, 5.41) is 0. The summed E-state index contributed by atoms with van der Waals surface area (Å²) in [6, 6.07) is 0. The van der Waals surface area contributed by atoms with Gasteiger partial charge in [-0.15, -0.1) is 6.58 Å². The van der Waals surface area contributed by atoms with Gasteiger partial charge < -0.3 is 4.74 Å². The standard InChI is InChI=1S/C15H22O3/c1-4-5-8-15-10(2)6-7-11(15)9-12(16)13(15)14(17)18-3/h4,10-11,13H,1,5-9H2,2-3H3/t10-,11-,13+,15-/m0/s1. The van der Waals surface area contributed by atoms with Crippen LogP contribution >= 0.6 is 0 Å². The van der Waals surface area contributed by atoms with Crippen molar-refractivity contribution in [3.8, 4) is 0 Å². The summed E-state index contributed by atoms with van der Waals surface area (Å²) in [7, 11) is 1.38. The van der Waals surface area contributed by atoms with Gasteiger partial charge in [0.05, 0.1) is 7.11 Å². The third kappa shape index (κ3) is 1.72. The molecule has 4 atom stereocenters. The van der Waals surface area contributed by atoms with Gasteiger partial charge in [0.1, 0.15) is 11.7 Å². The predicted molar refractivity (Wildman–Crippen MR) is 68.9 cm³/mol. The fourth-order valence-electron chi connectivity index (χ4n) is 4.28. The minimum absolute atomic E-state index is 0.0856. The first-order valence-corrected chi connectivity index (χ1v) is 6.79. The molecule has 0 heterocycles. The van der Waals surface area contributed by atoms with E-state index in [2.05, 4.69) is 13.5 Å². The second kappa shape index (κ2) is 4.87. The van der Waals surface area contributed by atoms with Gasteiger partial charge >= 0.3 is 5.97 Å². The second-order valence-electron chi connectivity index (χ2n) is 5.74. The zero-order chi connectivity index (χ0) is 13.3. The Bertz CT molecular complexity index is 366. The van der Waals surface area contributed by atoms with Crippen molar-refractivity contribution in [2.45, 2.75) is 39.0 Å². The molecule has 2 fully saturated rings. The van der Waals surface area contributed by atoms with Gasteiger partial charge in [0.25, 0.3) is 0 Å². The fraction of sp³-hybridized carbons (Fsp3) is 0.733. The number of carbonyl (C=O) groups is 2. The molecule has 0 bridgehead atoms. The number of rotatable bonds is 4. The van der Waals surface area contributed by atoms with Crippen molar-refractivity contribution in [2.75, 3.05) is 7.11 Å². The van der Waals surface area contributed by atoms with Crippen LogP contribution < -0.4 is 0 Å². The molecule has 0 amide bonds. The Morgan fingerprint density at radius 2 is 2.28 bits per heavy atom. The van der Waals surface area contributed by atoms with Gasteiger partial charge in [-0.1, -0.05) is 13.0 Å². The van der Waals surface area contributed by atoms with E-state index in [0.29, 0.717) is 18.3 Å². The van der Waals surface area contributed by atoms with Crippen LogP contribution in [0.3, 0.4) is 0 Å². The SMILES string of the molecule is C=CCC[C@@]12[C@@H](CC[C@@H]1C)CC(=O)[C@@H]2C(=O)OC. The normalized spacial score (nSPS) is 38.6. The molecule has 0 unspecified atom stereocenters. The lowest BCUT2D eigenvalue weighted by Crippen LogP contribution is -2.40. The number of fused-ring (bicyclic) bond motifs is 1. The number of methoxy groups -OCH3 is 1. The maximum absolute atomic E-state index is 12.2. The molecular weight excluding hydrogens is 228 g/mol. The lowest BCUT2D eigenvalue weighted by atomic mass is 9.65. The summed E-state index contributed by atoms with van der Waals surface area (Å²) < 4.78 is 4.88. The first kappa shape index (κ1) is 13.3. The van der Waals surface area contributed by atoms with Crippen molar-refractivity contribution in [1.82, 2.24) is 0 Å². The molecule has 2 aliphatic carbocycles. The van der Waals surface area contributed by atoms with Gasteiger partial charge in [-0.25, -0.2) is 0 Å². The first-order valence-electron chi connectivity index (χ1n) is 6.79. The van der Waals surface area contributed by atoms with Crippen molar-refractivity contribution in [3.63, 3.8) is 0 Å². The minimum atomic E-state index is -0.537. The molecule has 0 spiro atoms. The molecule has 2 saturated carbocycles. The summed E-state index contributed by atoms with van der Waals surface area (Å²) in [5.74, 6) is -0.00484. The van der Waals surface area contributed by atoms with Gasteiger partial charge in [0.2, 0.25) is 0 Å². The van der Waals surface area contributed by atoms with Crippen molar-refractivity contribution in [2.24, 2.45) is 23.2 Å². The topological polar surface area (TPSA) is 43.4 Å². The number of esters is 1. The van der Waals surface area contributed by atoms with Crippen LogP contribution in [0.5, 0.6) is 0 Å². The Labute approximate surface area is 109 Å². The summed E-state index contributed by atoms with van der Waals surface area (Å²) in [4.78, 5) is 24.2. The number of hydrogen-bond acceptors (Lipinski definition) is 3. The van der Waals surface area contributed by atoms with E-state index in [-0.39, 0.29) is 17.2 Å². The van der Waals surface area contributed by atoms with Crippen molar-refractivity contribution >= 4 is 11.8 Å². The highest BCUT2D eigenvalue weighted by molar-refractivity contribution is 6.02. The van der Waals surface area contributed by atoms with Crippen LogP contribution in [0, 0.1) is 23.2 Å². The van der Waals surface area contributed by atoms with E-state index < -0.39 is 5.92 Å². The average molecular weight is 250 g/mol. The zero-order valence-electron chi connectivity index (χ0n) is 11.3. The maximum atomic E-state index is 12.2. The van der Waals surface area contributed by atoms with Gasteiger partial charge in [0.15, 0.2) is 0 Å². The van der Waals surface area contributed by atoms with Crippen LogP contribution in [0.1, 0.15) is 39.0 Å². The Kier molecular flexibility index (Phi) is 3.60. The Morgan fingerprint density at radius 3 is 2.89 bits per heavy atom. The van der Waals surface area contributed by atoms with Crippen LogP contribution in [0.15, 0.2) is 12.7 Å². The minimum Gasteiger partial charge on any atom is -0.468 e. The van der Waals surface area contributed by atoms with E-state index in [1.807, 2.05) is 6.08 Å². The van der Waals surface area contributed by atoms with Crippen molar-refractivity contribution in [1.29, 1.82) is 0 Å². The van der Waals surface area contributed by atoms with E-state index in [1.165, 1.54) is 7.11 Å². The second-order valence-corrected chi connectivity index (χ2v) is 5.74. The number of hydrogen-bond donors (Lipinski definition) is 0. The maximum Gasteiger partial charge on any atom is 0.316 e. The zero-order valence-corrected chi connectivity index (χ0v) is 11.3. The largest absolute Gasteiger partial charge is 0.468 e. The molecule has 100 valence electrons. The molecule has 0 saturated heterocycles. The fourth-order valence-corrected chi connectivity index (χ4v) is 4.28. The summed E-state index contributed by atoms with van der Waals surface area (Å²) in [6.07, 6.45) is 6.37. The van der Waals surface area contributed by atoms with Gasteiger partial charge in [-0.2, -0.15) is 0 Å². The van der Waals surface area contributed by atoms with Crippen LogP contribution in [0.25, 0.3) is 0 Å². The van der Waals surface area contributed by atoms with Gasteiger partial charge in [0, 0.05) is 6.42 Å². The smallest absolute Gasteiger partial charge is 0.316 e. The van der Waals surface area contributed by atoms with Crippen LogP contribution in [-0.2, 0) is 14.3 Å². The lowest BCUT2D eigenvalue weighted by molar-refractivity contribution is -0.154. The molecule has 3 nitrogen and oxygen atoms in total. The molecule has 0 aromatic carbocycles. The van der Waals surface area contributed by atoms with E-state index in [4.69, 9.17) is 4.74 Å². The van der Waals surface area contributed by atoms with E-state index >= 15 is 0 Å². The molecule has 2 aliphatic rings. The molecule has 3 heteroatoms. The molecule has 0 N–H and O–H groups in total. The highest BCUT2D eigenvalue weighted by atomic mass is 16.5. The Hall–Kier alpha value is -1.12.